The Balaban J connectivity index is 0.00000274. The van der Waals surface area contributed by atoms with Crippen molar-refractivity contribution in [2.24, 2.45) is 5.92 Å². The zero-order valence-corrected chi connectivity index (χ0v) is 19.9. The second-order valence-electron chi connectivity index (χ2n) is 10.3. The van der Waals surface area contributed by atoms with E-state index in [1.165, 1.54) is 64.6 Å². The largest absolute Gasteiger partial charge is 0.294 e. The molecule has 2 aliphatic carbocycles. The fourth-order valence-electron chi connectivity index (χ4n) is 5.64. The van der Waals surface area contributed by atoms with Crippen LogP contribution in [0.15, 0.2) is 72.8 Å². The molecule has 5 rings (SSSR count). The maximum absolute atomic E-state index is 12.9. The van der Waals surface area contributed by atoms with Gasteiger partial charge in [-0.25, -0.2) is 0 Å². The topological polar surface area (TPSA) is 17.1 Å². The normalized spacial score (nSPS) is 22.2. The maximum Gasteiger partial charge on any atom is 0.163 e. The standard InChI is InChI=1S/C32H34O.H2/c1-22-7-12-26(13-8-22)27-14-9-24(10-15-27)19-25-11-16-28-17-18-32(33)31(30(28)20-25)21-29-6-4-3-5-23(29)2;/h3-6,9-11,14-18,20,22,26,31H,7-8,12-13,19,21H2,1-2H3;1H. The molecule has 0 heterocycles. The van der Waals surface area contributed by atoms with Crippen LogP contribution in [0.5, 0.6) is 0 Å². The van der Waals surface area contributed by atoms with E-state index in [1.807, 2.05) is 6.08 Å². The van der Waals surface area contributed by atoms with Crippen LogP contribution in [0.3, 0.4) is 0 Å². The SMILES string of the molecule is Cc1ccccc1CC1C(=O)C=Cc2ccc(Cc3ccc(C4CCC(C)CC4)cc3)cc21.[HH]. The number of hydrogen-bond donors (Lipinski definition) is 0. The van der Waals surface area contributed by atoms with E-state index in [9.17, 15) is 4.79 Å². The van der Waals surface area contributed by atoms with Crippen LogP contribution in [0.4, 0.5) is 0 Å². The summed E-state index contributed by atoms with van der Waals surface area (Å²) in [5.41, 5.74) is 9.00. The van der Waals surface area contributed by atoms with Crippen LogP contribution in [0, 0.1) is 12.8 Å². The monoisotopic (exact) mass is 436 g/mol. The number of rotatable bonds is 5. The first-order valence-corrected chi connectivity index (χ1v) is 12.5. The second-order valence-corrected chi connectivity index (χ2v) is 10.3. The van der Waals surface area contributed by atoms with Gasteiger partial charge in [0.2, 0.25) is 0 Å². The highest BCUT2D eigenvalue weighted by molar-refractivity contribution is 6.02. The summed E-state index contributed by atoms with van der Waals surface area (Å²) in [4.78, 5) is 12.9. The summed E-state index contributed by atoms with van der Waals surface area (Å²) >= 11 is 0. The van der Waals surface area contributed by atoms with Crippen LogP contribution < -0.4 is 0 Å². The molecule has 0 amide bonds. The van der Waals surface area contributed by atoms with Gasteiger partial charge in [0.05, 0.1) is 5.92 Å². The molecule has 0 saturated heterocycles. The van der Waals surface area contributed by atoms with Gasteiger partial charge in [0, 0.05) is 1.43 Å². The smallest absolute Gasteiger partial charge is 0.163 e. The Morgan fingerprint density at radius 2 is 1.58 bits per heavy atom. The van der Waals surface area contributed by atoms with E-state index in [4.69, 9.17) is 0 Å². The van der Waals surface area contributed by atoms with Gasteiger partial charge in [-0.3, -0.25) is 4.79 Å². The molecule has 1 unspecified atom stereocenters. The van der Waals surface area contributed by atoms with Gasteiger partial charge < -0.3 is 0 Å². The van der Waals surface area contributed by atoms with Gasteiger partial charge in [-0.05, 0) is 89.5 Å². The van der Waals surface area contributed by atoms with Crippen molar-refractivity contribution in [2.75, 3.05) is 0 Å². The Kier molecular flexibility index (Phi) is 6.31. The molecule has 1 saturated carbocycles. The average Bonchev–Trinajstić information content (AvgIpc) is 2.83. The molecule has 0 aliphatic heterocycles. The van der Waals surface area contributed by atoms with Crippen molar-refractivity contribution in [3.63, 3.8) is 0 Å². The van der Waals surface area contributed by atoms with Gasteiger partial charge in [-0.2, -0.15) is 0 Å². The highest BCUT2D eigenvalue weighted by Crippen LogP contribution is 2.36. The lowest BCUT2D eigenvalue weighted by atomic mass is 9.79. The van der Waals surface area contributed by atoms with Crippen LogP contribution in [0.25, 0.3) is 6.08 Å². The van der Waals surface area contributed by atoms with Crippen LogP contribution in [-0.2, 0) is 17.6 Å². The van der Waals surface area contributed by atoms with Gasteiger partial charge in [0.25, 0.3) is 0 Å². The fraction of sp³-hybridized carbons (Fsp3) is 0.344. The van der Waals surface area contributed by atoms with Crippen LogP contribution in [-0.4, -0.2) is 5.78 Å². The van der Waals surface area contributed by atoms with Crippen molar-refractivity contribution in [2.45, 2.75) is 64.2 Å². The summed E-state index contributed by atoms with van der Waals surface area (Å²) in [6.45, 7) is 4.51. The summed E-state index contributed by atoms with van der Waals surface area (Å²) < 4.78 is 0. The molecule has 0 radical (unpaired) electrons. The molecule has 1 nitrogen and oxygen atoms in total. The lowest BCUT2D eigenvalue weighted by Gasteiger charge is -2.26. The van der Waals surface area contributed by atoms with Crippen molar-refractivity contribution in [3.8, 4) is 0 Å². The molecule has 170 valence electrons. The molecular weight excluding hydrogens is 400 g/mol. The highest BCUT2D eigenvalue weighted by atomic mass is 16.1. The molecule has 0 N–H and O–H groups in total. The average molecular weight is 437 g/mol. The number of benzene rings is 3. The van der Waals surface area contributed by atoms with Crippen LogP contribution in [0.2, 0.25) is 0 Å². The Hall–Kier alpha value is -2.93. The molecule has 0 spiro atoms. The Labute approximate surface area is 200 Å². The molecule has 1 fully saturated rings. The molecule has 3 aromatic rings. The number of carbonyl (C=O) groups excluding carboxylic acids is 1. The Morgan fingerprint density at radius 1 is 0.848 bits per heavy atom. The van der Waals surface area contributed by atoms with Crippen molar-refractivity contribution < 1.29 is 6.22 Å². The van der Waals surface area contributed by atoms with E-state index in [1.54, 1.807) is 6.08 Å². The van der Waals surface area contributed by atoms with Gasteiger partial charge in [0.1, 0.15) is 0 Å². The molecule has 3 aromatic carbocycles. The van der Waals surface area contributed by atoms with E-state index < -0.39 is 0 Å². The van der Waals surface area contributed by atoms with Crippen molar-refractivity contribution in [3.05, 3.63) is 112 Å². The molecular formula is C32H36O. The fourth-order valence-corrected chi connectivity index (χ4v) is 5.64. The summed E-state index contributed by atoms with van der Waals surface area (Å²) in [5, 5.41) is 0. The van der Waals surface area contributed by atoms with Crippen molar-refractivity contribution in [1.82, 2.24) is 0 Å². The number of aryl methyl sites for hydroxylation is 1. The quantitative estimate of drug-likeness (QED) is 0.395. The molecule has 0 bridgehead atoms. The highest BCUT2D eigenvalue weighted by Gasteiger charge is 2.25. The first-order chi connectivity index (χ1) is 16.1. The number of fused-ring (bicyclic) bond motifs is 1. The van der Waals surface area contributed by atoms with Crippen molar-refractivity contribution in [1.29, 1.82) is 0 Å². The summed E-state index contributed by atoms with van der Waals surface area (Å²) in [7, 11) is 0. The maximum atomic E-state index is 12.9. The third kappa shape index (κ3) is 4.88. The van der Waals surface area contributed by atoms with E-state index in [-0.39, 0.29) is 13.1 Å². The molecule has 1 atom stereocenters. The number of hydrogen-bond acceptors (Lipinski definition) is 1. The van der Waals surface area contributed by atoms with Crippen molar-refractivity contribution >= 4 is 11.9 Å². The first kappa shape index (κ1) is 21.9. The first-order valence-electron chi connectivity index (χ1n) is 12.5. The van der Waals surface area contributed by atoms with E-state index in [0.717, 1.165) is 24.7 Å². The minimum Gasteiger partial charge on any atom is -0.294 e. The lowest BCUT2D eigenvalue weighted by Crippen LogP contribution is -2.18. The predicted molar refractivity (Wildman–Crippen MR) is 140 cm³/mol. The summed E-state index contributed by atoms with van der Waals surface area (Å²) in [6, 6.07) is 24.4. The van der Waals surface area contributed by atoms with Crippen LogP contribution in [0.1, 0.15) is 84.8 Å². The summed E-state index contributed by atoms with van der Waals surface area (Å²) in [5.74, 6) is 1.75. The Bertz CT molecular complexity index is 1170. The zero-order valence-electron chi connectivity index (χ0n) is 19.9. The van der Waals surface area contributed by atoms with Gasteiger partial charge >= 0.3 is 0 Å². The summed E-state index contributed by atoms with van der Waals surface area (Å²) in [6.07, 6.45) is 10.8. The minimum absolute atomic E-state index is 0. The molecule has 1 heteroatoms. The molecule has 0 aromatic heterocycles. The number of allylic oxidation sites excluding steroid dienone is 1. The minimum atomic E-state index is -0.0953. The van der Waals surface area contributed by atoms with E-state index >= 15 is 0 Å². The number of carbonyl (C=O) groups is 1. The van der Waals surface area contributed by atoms with Crippen LogP contribution >= 0.6 is 0 Å². The van der Waals surface area contributed by atoms with E-state index in [0.29, 0.717) is 0 Å². The van der Waals surface area contributed by atoms with Gasteiger partial charge in [-0.1, -0.05) is 92.6 Å². The number of ketones is 1. The predicted octanol–water partition coefficient (Wildman–Crippen LogP) is 8.05. The molecule has 33 heavy (non-hydrogen) atoms. The van der Waals surface area contributed by atoms with Gasteiger partial charge in [0.15, 0.2) is 5.78 Å². The third-order valence-electron chi connectivity index (χ3n) is 7.86. The Morgan fingerprint density at radius 3 is 2.33 bits per heavy atom. The second kappa shape index (κ2) is 9.51. The zero-order chi connectivity index (χ0) is 22.8. The lowest BCUT2D eigenvalue weighted by molar-refractivity contribution is -0.116. The van der Waals surface area contributed by atoms with Gasteiger partial charge in [-0.15, -0.1) is 0 Å². The third-order valence-corrected chi connectivity index (χ3v) is 7.86. The van der Waals surface area contributed by atoms with E-state index in [2.05, 4.69) is 80.6 Å². The molecule has 2 aliphatic rings.